The van der Waals surface area contributed by atoms with Gasteiger partial charge in [-0.1, -0.05) is 168 Å². The highest BCUT2D eigenvalue weighted by Gasteiger charge is 2.35. The van der Waals surface area contributed by atoms with Crippen LogP contribution >= 0.6 is 11.6 Å². The van der Waals surface area contributed by atoms with E-state index in [0.29, 0.717) is 29.0 Å². The number of aryl methyl sites for hydroxylation is 1. The van der Waals surface area contributed by atoms with Crippen molar-refractivity contribution in [1.82, 2.24) is 19.6 Å². The van der Waals surface area contributed by atoms with Gasteiger partial charge in [-0.2, -0.15) is 13.2 Å². The van der Waals surface area contributed by atoms with Crippen molar-refractivity contribution < 1.29 is 26.3 Å². The van der Waals surface area contributed by atoms with Gasteiger partial charge in [0.25, 0.3) is 0 Å². The Morgan fingerprint density at radius 1 is 0.563 bits per heavy atom. The number of rotatable bonds is 21. The van der Waals surface area contributed by atoms with Gasteiger partial charge in [0.15, 0.2) is 9.84 Å². The minimum absolute atomic E-state index is 0.0296. The molecule has 3 atom stereocenters. The first-order valence-electron chi connectivity index (χ1n) is 32.4. The number of likely N-dealkylation sites (tertiary alicyclic amines) is 2. The topological polar surface area (TPSA) is 56.3 Å². The molecule has 3 fully saturated rings. The predicted octanol–water partition coefficient (Wildman–Crippen LogP) is 18.5. The van der Waals surface area contributed by atoms with Gasteiger partial charge in [-0.05, 0) is 207 Å². The number of alkyl halides is 3. The molecule has 3 aliphatic heterocycles. The second-order valence-corrected chi connectivity index (χ2v) is 31.4. The maximum Gasteiger partial charge on any atom is 0.416 e. The summed E-state index contributed by atoms with van der Waals surface area (Å²) >= 11 is 6.11. The fourth-order valence-corrected chi connectivity index (χ4v) is 13.9. The maximum atomic E-state index is 12.9. The number of allylic oxidation sites excluding steroid dienone is 3. The smallest absolute Gasteiger partial charge is 0.375 e. The number of piperidine rings is 2. The quantitative estimate of drug-likeness (QED) is 0.0771. The van der Waals surface area contributed by atoms with E-state index < -0.39 is 21.6 Å². The van der Waals surface area contributed by atoms with Crippen LogP contribution in [0.25, 0.3) is 0 Å². The molecule has 3 aliphatic rings. The normalized spacial score (nSPS) is 17.8. The molecule has 4 aromatic rings. The lowest BCUT2D eigenvalue weighted by atomic mass is 9.78. The Balaban J connectivity index is 0.000000239. The van der Waals surface area contributed by atoms with Crippen LogP contribution in [-0.4, -0.2) is 124 Å². The van der Waals surface area contributed by atoms with Crippen molar-refractivity contribution in [1.29, 1.82) is 0 Å². The molecule has 0 saturated carbocycles. The van der Waals surface area contributed by atoms with Crippen LogP contribution in [0.5, 0.6) is 0 Å². The lowest BCUT2D eigenvalue weighted by Crippen LogP contribution is -2.51. The average Bonchev–Trinajstić information content (AvgIpc) is 3.39. The third kappa shape index (κ3) is 24.2. The molecule has 7 rings (SSSR count). The zero-order valence-electron chi connectivity index (χ0n) is 56.8. The first-order chi connectivity index (χ1) is 40.5. The van der Waals surface area contributed by atoms with E-state index in [1.54, 1.807) is 18.2 Å². The van der Waals surface area contributed by atoms with Crippen LogP contribution in [0.2, 0.25) is 5.02 Å². The number of benzene rings is 4. The lowest BCUT2D eigenvalue weighted by Gasteiger charge is -2.41. The summed E-state index contributed by atoms with van der Waals surface area (Å²) in [5.74, 6) is 1.17. The summed E-state index contributed by atoms with van der Waals surface area (Å²) in [6.45, 7) is 47.7. The molecule has 0 radical (unpaired) electrons. The lowest BCUT2D eigenvalue weighted by molar-refractivity contribution is -0.137. The van der Waals surface area contributed by atoms with E-state index in [0.717, 1.165) is 86.8 Å². The van der Waals surface area contributed by atoms with Crippen molar-refractivity contribution in [3.63, 3.8) is 0 Å². The van der Waals surface area contributed by atoms with Crippen LogP contribution in [0, 0.1) is 12.8 Å². The summed E-state index contributed by atoms with van der Waals surface area (Å²) in [6.07, 6.45) is 11.9. The van der Waals surface area contributed by atoms with E-state index >= 15 is 0 Å². The molecule has 0 aliphatic carbocycles. The summed E-state index contributed by atoms with van der Waals surface area (Å²) in [4.78, 5) is 10.9. The molecule has 0 N–H and O–H groups in total. The van der Waals surface area contributed by atoms with Gasteiger partial charge < -0.3 is 9.64 Å². The van der Waals surface area contributed by atoms with Crippen molar-refractivity contribution in [2.24, 2.45) is 5.92 Å². The standard InChI is InChI=1S/C27H36ClNO2S.C24H36F3NO.C24H40N2/c1-20(2)17-25(19-27(3,4)23-9-11-24(28)12-10-23)29-15-13-21(14-16-29)22-7-6-8-26(18-22)32(5,30)31;1-17(2)15-21(28-13-11-22(12-14-28)29-18(3)4)16-23(5,6)19-7-9-20(10-8-19)24(25,26)27;1-19(2)16-23(26-14-12-25(13-15-26)18-20(3)4)17-24(6,7)22-10-8-21(5)9-11-22/h6-12,17-18,21,25H,13-16,19H2,1-5H3;7-10,15,18,21-22H,11-14,16H2,1-6H3;8-11,16,20,23H,12-15,17-18H2,1-7H3. The Labute approximate surface area is 532 Å². The predicted molar refractivity (Wildman–Crippen MR) is 363 cm³/mol. The van der Waals surface area contributed by atoms with Gasteiger partial charge in [0.05, 0.1) is 22.7 Å². The van der Waals surface area contributed by atoms with Crippen LogP contribution in [0.4, 0.5) is 13.2 Å². The number of piperazine rings is 1. The highest BCUT2D eigenvalue weighted by atomic mass is 35.5. The number of halogens is 4. The first kappa shape index (κ1) is 73.7. The monoisotopic (exact) mass is 1240 g/mol. The fourth-order valence-electron chi connectivity index (χ4n) is 13.1. The molecule has 12 heteroatoms. The summed E-state index contributed by atoms with van der Waals surface area (Å²) in [7, 11) is -3.18. The van der Waals surface area contributed by atoms with Gasteiger partial charge in [-0.3, -0.25) is 14.7 Å². The third-order valence-corrected chi connectivity index (χ3v) is 19.2. The molecule has 484 valence electrons. The van der Waals surface area contributed by atoms with Crippen LogP contribution in [0.15, 0.2) is 137 Å². The van der Waals surface area contributed by atoms with Crippen LogP contribution < -0.4 is 0 Å². The van der Waals surface area contributed by atoms with Gasteiger partial charge in [0.1, 0.15) is 0 Å². The summed E-state index contributed by atoms with van der Waals surface area (Å²) in [5, 5.41) is 0.771. The average molecular weight is 1240 g/mol. The zero-order chi connectivity index (χ0) is 64.7. The maximum absolute atomic E-state index is 12.9. The second-order valence-electron chi connectivity index (χ2n) is 29.0. The van der Waals surface area contributed by atoms with E-state index in [9.17, 15) is 21.6 Å². The highest BCUT2D eigenvalue weighted by molar-refractivity contribution is 7.90. The van der Waals surface area contributed by atoms with Crippen LogP contribution in [0.3, 0.4) is 0 Å². The largest absolute Gasteiger partial charge is 0.416 e. The van der Waals surface area contributed by atoms with Gasteiger partial charge in [0.2, 0.25) is 0 Å². The number of sulfone groups is 1. The summed E-state index contributed by atoms with van der Waals surface area (Å²) in [5.41, 5.74) is 9.60. The van der Waals surface area contributed by atoms with Crippen molar-refractivity contribution in [2.75, 3.05) is 65.2 Å². The molecule has 87 heavy (non-hydrogen) atoms. The number of hydrogen-bond acceptors (Lipinski definition) is 7. The molecule has 0 aromatic heterocycles. The van der Waals surface area contributed by atoms with Crippen LogP contribution in [-0.2, 0) is 37.0 Å². The molecule has 0 amide bonds. The van der Waals surface area contributed by atoms with Crippen molar-refractivity contribution in [3.05, 3.63) is 170 Å². The van der Waals surface area contributed by atoms with Gasteiger partial charge in [-0.25, -0.2) is 8.42 Å². The molecular weight excluding hydrogens is 1130 g/mol. The summed E-state index contributed by atoms with van der Waals surface area (Å²) in [6, 6.07) is 31.7. The Morgan fingerprint density at radius 3 is 1.32 bits per heavy atom. The van der Waals surface area contributed by atoms with E-state index in [1.165, 1.54) is 90.9 Å². The second kappa shape index (κ2) is 32.8. The first-order valence-corrected chi connectivity index (χ1v) is 34.6. The number of nitrogens with zero attached hydrogens (tertiary/aromatic N) is 4. The minimum atomic E-state index is -4.30. The van der Waals surface area contributed by atoms with Crippen molar-refractivity contribution >= 4 is 21.4 Å². The molecule has 3 heterocycles. The molecule has 7 nitrogen and oxygen atoms in total. The highest BCUT2D eigenvalue weighted by Crippen LogP contribution is 2.38. The van der Waals surface area contributed by atoms with Gasteiger partial charge >= 0.3 is 6.18 Å². The van der Waals surface area contributed by atoms with E-state index in [-0.39, 0.29) is 28.4 Å². The fraction of sp³-hybridized carbons (Fsp3) is 0.600. The Hall–Kier alpha value is -4.07. The zero-order valence-corrected chi connectivity index (χ0v) is 58.3. The van der Waals surface area contributed by atoms with Gasteiger partial charge in [0, 0.05) is 75.2 Å². The molecule has 0 bridgehead atoms. The van der Waals surface area contributed by atoms with Gasteiger partial charge in [-0.15, -0.1) is 0 Å². The summed E-state index contributed by atoms with van der Waals surface area (Å²) < 4.78 is 68.6. The van der Waals surface area contributed by atoms with E-state index in [2.05, 4.69) is 198 Å². The molecule has 0 spiro atoms. The third-order valence-electron chi connectivity index (χ3n) is 17.9. The molecule has 3 saturated heterocycles. The van der Waals surface area contributed by atoms with Crippen molar-refractivity contribution in [2.45, 2.75) is 226 Å². The number of ether oxygens (including phenoxy) is 1. The minimum Gasteiger partial charge on any atom is -0.375 e. The Kier molecular flexibility index (Phi) is 27.8. The Bertz CT molecular complexity index is 2910. The molecule has 4 aromatic carbocycles. The number of hydrogen-bond donors (Lipinski definition) is 0. The SMILES string of the molecule is CC(C)=CC(CC(C)(C)c1ccc(C(F)(F)F)cc1)N1CCC(OC(C)C)CC1.CC(C)=CC(CC(C)(C)c1ccc(C)cc1)N1CCN(CC(C)C)CC1.CC(C)=CC(CC(C)(C)c1ccc(Cl)cc1)N1CCC(c2cccc(S(C)(=O)=O)c2)CC1. The van der Waals surface area contributed by atoms with E-state index in [1.807, 2.05) is 24.3 Å². The Morgan fingerprint density at radius 2 is 0.943 bits per heavy atom. The van der Waals surface area contributed by atoms with Crippen molar-refractivity contribution in [3.8, 4) is 0 Å². The van der Waals surface area contributed by atoms with Crippen LogP contribution in [0.1, 0.15) is 195 Å². The van der Waals surface area contributed by atoms with E-state index in [4.69, 9.17) is 16.3 Å². The molecule has 3 unspecified atom stereocenters. The molecular formula is C75H112ClF3N4O3S.